The van der Waals surface area contributed by atoms with Crippen molar-refractivity contribution in [1.82, 2.24) is 0 Å². The van der Waals surface area contributed by atoms with E-state index in [9.17, 15) is 4.79 Å². The third kappa shape index (κ3) is 2.83. The molecule has 3 nitrogen and oxygen atoms in total. The van der Waals surface area contributed by atoms with Crippen LogP contribution < -0.4 is 10.6 Å². The lowest BCUT2D eigenvalue weighted by molar-refractivity contribution is -0.119. The number of para-hydroxylation sites is 1. The average molecular weight is 271 g/mol. The molecular weight excluding hydrogens is 256 g/mol. The van der Waals surface area contributed by atoms with Crippen molar-refractivity contribution in [3.63, 3.8) is 0 Å². The molecule has 0 aromatic heterocycles. The number of hydrogen-bond donors (Lipinski definition) is 1. The van der Waals surface area contributed by atoms with Crippen LogP contribution in [0.15, 0.2) is 41.8 Å². The Hall–Kier alpha value is -0.970. The Bertz CT molecular complexity index is 425. The summed E-state index contributed by atoms with van der Waals surface area (Å²) in [5.41, 5.74) is 6.77. The summed E-state index contributed by atoms with van der Waals surface area (Å²) in [4.78, 5) is 14.8. The molecule has 1 aliphatic heterocycles. The Labute approximate surface area is 111 Å². The number of benzene rings is 1. The summed E-state index contributed by atoms with van der Waals surface area (Å²) >= 11 is 1.63. The number of thioether (sulfide) groups is 1. The van der Waals surface area contributed by atoms with Crippen molar-refractivity contribution in [2.75, 3.05) is 17.2 Å². The summed E-state index contributed by atoms with van der Waals surface area (Å²) in [6.45, 7) is 4.18. The van der Waals surface area contributed by atoms with Crippen LogP contribution in [0.2, 0.25) is 0 Å². The molecule has 1 aliphatic rings. The van der Waals surface area contributed by atoms with E-state index in [1.165, 1.54) is 0 Å². The molecule has 1 aromatic rings. The lowest BCUT2D eigenvalue weighted by Gasteiger charge is -2.22. The molecule has 5 heteroatoms. The van der Waals surface area contributed by atoms with Gasteiger partial charge in [0, 0.05) is 17.2 Å². The topological polar surface area (TPSA) is 46.3 Å². The largest absolute Gasteiger partial charge is 0.319 e. The van der Waals surface area contributed by atoms with Gasteiger partial charge in [0.15, 0.2) is 0 Å². The van der Waals surface area contributed by atoms with Crippen LogP contribution in [0.1, 0.15) is 0 Å². The Balaban J connectivity index is 0.00000144. The standard InChI is InChI=1S/C12H14N2OS.ClH/c1-2-7-14-10-5-3-4-6-11(10)16-8-9(13)12(14)15;/h2-6,9H,1,7-8,13H2;1H. The zero-order valence-corrected chi connectivity index (χ0v) is 11.0. The molecule has 1 unspecified atom stereocenters. The van der Waals surface area contributed by atoms with Crippen LogP contribution in [0.4, 0.5) is 5.69 Å². The minimum Gasteiger partial charge on any atom is -0.319 e. The second-order valence-electron chi connectivity index (χ2n) is 3.62. The van der Waals surface area contributed by atoms with Gasteiger partial charge in [-0.3, -0.25) is 4.79 Å². The SMILES string of the molecule is C=CCN1C(=O)C(N)CSc2ccccc21.Cl. The second kappa shape index (κ2) is 6.10. The van der Waals surface area contributed by atoms with Gasteiger partial charge >= 0.3 is 0 Å². The van der Waals surface area contributed by atoms with Gasteiger partial charge in [-0.2, -0.15) is 0 Å². The molecule has 0 radical (unpaired) electrons. The number of hydrogen-bond acceptors (Lipinski definition) is 3. The van der Waals surface area contributed by atoms with Crippen LogP contribution in [0.3, 0.4) is 0 Å². The van der Waals surface area contributed by atoms with Gasteiger partial charge in [-0.25, -0.2) is 0 Å². The predicted octanol–water partition coefficient (Wildman–Crippen LogP) is 2.06. The monoisotopic (exact) mass is 270 g/mol. The van der Waals surface area contributed by atoms with Gasteiger partial charge in [0.1, 0.15) is 0 Å². The molecule has 17 heavy (non-hydrogen) atoms. The predicted molar refractivity (Wildman–Crippen MR) is 74.9 cm³/mol. The van der Waals surface area contributed by atoms with Gasteiger partial charge in [0.05, 0.1) is 11.7 Å². The number of amides is 1. The molecule has 2 N–H and O–H groups in total. The summed E-state index contributed by atoms with van der Waals surface area (Å²) in [6, 6.07) is 7.43. The number of fused-ring (bicyclic) bond motifs is 1. The molecule has 1 amide bonds. The van der Waals surface area contributed by atoms with Gasteiger partial charge in [-0.05, 0) is 12.1 Å². The summed E-state index contributed by atoms with van der Waals surface area (Å²) in [5, 5.41) is 0. The van der Waals surface area contributed by atoms with E-state index in [4.69, 9.17) is 5.73 Å². The normalized spacial score (nSPS) is 19.0. The van der Waals surface area contributed by atoms with E-state index >= 15 is 0 Å². The van der Waals surface area contributed by atoms with Crippen molar-refractivity contribution >= 4 is 35.8 Å². The maximum Gasteiger partial charge on any atom is 0.245 e. The van der Waals surface area contributed by atoms with Gasteiger partial charge in [0.2, 0.25) is 5.91 Å². The smallest absolute Gasteiger partial charge is 0.245 e. The fourth-order valence-electron chi connectivity index (χ4n) is 1.69. The highest BCUT2D eigenvalue weighted by Crippen LogP contribution is 2.33. The zero-order chi connectivity index (χ0) is 11.5. The molecular formula is C12H15ClN2OS. The summed E-state index contributed by atoms with van der Waals surface area (Å²) in [7, 11) is 0. The van der Waals surface area contributed by atoms with Gasteiger partial charge < -0.3 is 10.6 Å². The number of carbonyl (C=O) groups excluding carboxylic acids is 1. The van der Waals surface area contributed by atoms with Crippen molar-refractivity contribution in [2.45, 2.75) is 10.9 Å². The van der Waals surface area contributed by atoms with E-state index in [1.807, 2.05) is 24.3 Å². The lowest BCUT2D eigenvalue weighted by Crippen LogP contribution is -2.44. The number of nitrogens with zero attached hydrogens (tertiary/aromatic N) is 1. The van der Waals surface area contributed by atoms with Crippen LogP contribution in [0.5, 0.6) is 0 Å². The molecule has 0 saturated heterocycles. The number of halogens is 1. The molecule has 1 atom stereocenters. The maximum atomic E-state index is 12.0. The summed E-state index contributed by atoms with van der Waals surface area (Å²) in [6.07, 6.45) is 1.72. The number of rotatable bonds is 2. The highest BCUT2D eigenvalue weighted by atomic mass is 35.5. The number of anilines is 1. The van der Waals surface area contributed by atoms with Crippen LogP contribution in [-0.2, 0) is 4.79 Å². The lowest BCUT2D eigenvalue weighted by atomic mass is 10.2. The van der Waals surface area contributed by atoms with E-state index in [0.29, 0.717) is 12.3 Å². The fourth-order valence-corrected chi connectivity index (χ4v) is 2.69. The Morgan fingerprint density at radius 3 is 2.94 bits per heavy atom. The first kappa shape index (κ1) is 14.1. The zero-order valence-electron chi connectivity index (χ0n) is 9.33. The number of carbonyl (C=O) groups is 1. The highest BCUT2D eigenvalue weighted by Gasteiger charge is 2.27. The maximum absolute atomic E-state index is 12.0. The molecule has 0 fully saturated rings. The quantitative estimate of drug-likeness (QED) is 0.837. The minimum atomic E-state index is -0.433. The van der Waals surface area contributed by atoms with E-state index < -0.39 is 6.04 Å². The van der Waals surface area contributed by atoms with Gasteiger partial charge in [0.25, 0.3) is 0 Å². The van der Waals surface area contributed by atoms with E-state index in [2.05, 4.69) is 6.58 Å². The van der Waals surface area contributed by atoms with Gasteiger partial charge in [-0.15, -0.1) is 30.7 Å². The van der Waals surface area contributed by atoms with E-state index in [1.54, 1.807) is 22.7 Å². The van der Waals surface area contributed by atoms with Crippen molar-refractivity contribution in [1.29, 1.82) is 0 Å². The van der Waals surface area contributed by atoms with Crippen LogP contribution >= 0.6 is 24.2 Å². The first-order valence-corrected chi connectivity index (χ1v) is 6.12. The molecule has 2 rings (SSSR count). The van der Waals surface area contributed by atoms with Crippen molar-refractivity contribution in [3.8, 4) is 0 Å². The fraction of sp³-hybridized carbons (Fsp3) is 0.250. The average Bonchev–Trinajstić information content (AvgIpc) is 2.42. The van der Waals surface area contributed by atoms with Crippen molar-refractivity contribution < 1.29 is 4.79 Å². The molecule has 0 bridgehead atoms. The highest BCUT2D eigenvalue weighted by molar-refractivity contribution is 7.99. The molecule has 0 aliphatic carbocycles. The number of nitrogens with two attached hydrogens (primary N) is 1. The first-order chi connectivity index (χ1) is 7.74. The minimum absolute atomic E-state index is 0. The van der Waals surface area contributed by atoms with Crippen LogP contribution in [0, 0.1) is 0 Å². The van der Waals surface area contributed by atoms with E-state index in [-0.39, 0.29) is 18.3 Å². The van der Waals surface area contributed by atoms with Crippen LogP contribution in [0.25, 0.3) is 0 Å². The van der Waals surface area contributed by atoms with Crippen LogP contribution in [-0.4, -0.2) is 24.2 Å². The third-order valence-electron chi connectivity index (χ3n) is 2.47. The third-order valence-corrected chi connectivity index (χ3v) is 3.65. The Morgan fingerprint density at radius 2 is 2.24 bits per heavy atom. The Morgan fingerprint density at radius 1 is 1.53 bits per heavy atom. The second-order valence-corrected chi connectivity index (χ2v) is 4.68. The van der Waals surface area contributed by atoms with Crippen molar-refractivity contribution in [2.24, 2.45) is 5.73 Å². The van der Waals surface area contributed by atoms with Gasteiger partial charge in [-0.1, -0.05) is 18.2 Å². The molecule has 1 heterocycles. The molecule has 0 spiro atoms. The molecule has 1 aromatic carbocycles. The molecule has 0 saturated carbocycles. The first-order valence-electron chi connectivity index (χ1n) is 5.13. The molecule has 92 valence electrons. The van der Waals surface area contributed by atoms with Crippen molar-refractivity contribution in [3.05, 3.63) is 36.9 Å². The summed E-state index contributed by atoms with van der Waals surface area (Å²) in [5.74, 6) is 0.598. The Kier molecular flexibility index (Phi) is 5.05. The van der Waals surface area contributed by atoms with E-state index in [0.717, 1.165) is 10.6 Å². The summed E-state index contributed by atoms with van der Waals surface area (Å²) < 4.78 is 0.